The van der Waals surface area contributed by atoms with Crippen molar-refractivity contribution in [2.75, 3.05) is 39.3 Å². The first-order valence-electron chi connectivity index (χ1n) is 7.97. The van der Waals surface area contributed by atoms with Crippen LogP contribution in [-0.2, 0) is 4.79 Å². The summed E-state index contributed by atoms with van der Waals surface area (Å²) in [5, 5.41) is 3.41. The number of carbonyl (C=O) groups excluding carboxylic acids is 1. The second-order valence-electron chi connectivity index (χ2n) is 6.67. The van der Waals surface area contributed by atoms with Crippen LogP contribution in [0, 0.1) is 11.8 Å². The van der Waals surface area contributed by atoms with Gasteiger partial charge in [-0.25, -0.2) is 0 Å². The Morgan fingerprint density at radius 1 is 1.16 bits per heavy atom. The van der Waals surface area contributed by atoms with Gasteiger partial charge < -0.3 is 10.2 Å². The first-order chi connectivity index (χ1) is 9.24. The van der Waals surface area contributed by atoms with Gasteiger partial charge in [-0.3, -0.25) is 9.69 Å². The molecule has 3 aliphatic rings. The third kappa shape index (κ3) is 2.95. The van der Waals surface area contributed by atoms with Gasteiger partial charge in [-0.05, 0) is 44.7 Å². The fourth-order valence-electron chi connectivity index (χ4n) is 4.01. The summed E-state index contributed by atoms with van der Waals surface area (Å²) in [6.45, 7) is 8.57. The van der Waals surface area contributed by atoms with E-state index in [1.807, 2.05) is 0 Å². The van der Waals surface area contributed by atoms with E-state index in [1.54, 1.807) is 0 Å². The number of nitrogens with one attached hydrogen (secondary N) is 1. The quantitative estimate of drug-likeness (QED) is 0.766. The fourth-order valence-corrected chi connectivity index (χ4v) is 4.01. The SMILES string of the molecule is CC1CNCC(C(=O)N2CCCN3CCCC3C2)C1. The lowest BCUT2D eigenvalue weighted by Gasteiger charge is -2.32. The molecule has 3 unspecified atom stereocenters. The van der Waals surface area contributed by atoms with Crippen molar-refractivity contribution in [3.8, 4) is 0 Å². The van der Waals surface area contributed by atoms with Crippen LogP contribution in [0.2, 0.25) is 0 Å². The average molecular weight is 265 g/mol. The van der Waals surface area contributed by atoms with Gasteiger partial charge in [0.2, 0.25) is 5.91 Å². The van der Waals surface area contributed by atoms with Crippen molar-refractivity contribution in [3.63, 3.8) is 0 Å². The molecule has 108 valence electrons. The van der Waals surface area contributed by atoms with Crippen molar-refractivity contribution in [2.24, 2.45) is 11.8 Å². The van der Waals surface area contributed by atoms with Crippen LogP contribution in [0.3, 0.4) is 0 Å². The number of piperidine rings is 1. The number of rotatable bonds is 1. The lowest BCUT2D eigenvalue weighted by Crippen LogP contribution is -2.47. The minimum Gasteiger partial charge on any atom is -0.341 e. The lowest BCUT2D eigenvalue weighted by atomic mass is 9.90. The summed E-state index contributed by atoms with van der Waals surface area (Å²) in [5.41, 5.74) is 0. The van der Waals surface area contributed by atoms with Gasteiger partial charge in [0.25, 0.3) is 0 Å². The van der Waals surface area contributed by atoms with Crippen LogP contribution in [0.1, 0.15) is 32.6 Å². The Morgan fingerprint density at radius 2 is 2.00 bits per heavy atom. The van der Waals surface area contributed by atoms with Gasteiger partial charge in [0.1, 0.15) is 0 Å². The first-order valence-corrected chi connectivity index (χ1v) is 7.97. The van der Waals surface area contributed by atoms with Gasteiger partial charge in [0.15, 0.2) is 0 Å². The Hall–Kier alpha value is -0.610. The summed E-state index contributed by atoms with van der Waals surface area (Å²) in [6.07, 6.45) is 4.81. The molecule has 1 N–H and O–H groups in total. The summed E-state index contributed by atoms with van der Waals surface area (Å²) in [7, 11) is 0. The van der Waals surface area contributed by atoms with E-state index < -0.39 is 0 Å². The molecule has 3 aliphatic heterocycles. The predicted octanol–water partition coefficient (Wildman–Crippen LogP) is 0.929. The van der Waals surface area contributed by atoms with E-state index >= 15 is 0 Å². The van der Waals surface area contributed by atoms with Crippen molar-refractivity contribution >= 4 is 5.91 Å². The minimum absolute atomic E-state index is 0.219. The standard InChI is InChI=1S/C15H27N3O/c1-12-8-13(10-16-9-12)15(19)18-7-3-6-17-5-2-4-14(17)11-18/h12-14,16H,2-11H2,1H3. The van der Waals surface area contributed by atoms with E-state index in [1.165, 1.54) is 25.9 Å². The predicted molar refractivity (Wildman–Crippen MR) is 75.9 cm³/mol. The molecule has 0 spiro atoms. The second-order valence-corrected chi connectivity index (χ2v) is 6.67. The van der Waals surface area contributed by atoms with Crippen LogP contribution in [0.25, 0.3) is 0 Å². The normalized spacial score (nSPS) is 36.9. The smallest absolute Gasteiger partial charge is 0.227 e. The van der Waals surface area contributed by atoms with Gasteiger partial charge in [-0.2, -0.15) is 0 Å². The van der Waals surface area contributed by atoms with E-state index in [2.05, 4.69) is 22.0 Å². The molecular weight excluding hydrogens is 238 g/mol. The number of fused-ring (bicyclic) bond motifs is 1. The Bertz CT molecular complexity index is 333. The molecule has 0 aromatic carbocycles. The molecule has 1 amide bonds. The molecule has 4 nitrogen and oxygen atoms in total. The fraction of sp³-hybridized carbons (Fsp3) is 0.933. The molecule has 0 saturated carbocycles. The lowest BCUT2D eigenvalue weighted by molar-refractivity contribution is -0.136. The zero-order valence-electron chi connectivity index (χ0n) is 12.1. The molecule has 0 bridgehead atoms. The monoisotopic (exact) mass is 265 g/mol. The molecule has 0 radical (unpaired) electrons. The highest BCUT2D eigenvalue weighted by molar-refractivity contribution is 5.79. The highest BCUT2D eigenvalue weighted by Crippen LogP contribution is 2.24. The molecule has 3 rings (SSSR count). The Kier molecular flexibility index (Phi) is 4.08. The van der Waals surface area contributed by atoms with Gasteiger partial charge in [0, 0.05) is 32.2 Å². The molecule has 3 saturated heterocycles. The summed E-state index contributed by atoms with van der Waals surface area (Å²) in [6, 6.07) is 0.639. The van der Waals surface area contributed by atoms with Crippen LogP contribution in [-0.4, -0.2) is 61.0 Å². The Balaban J connectivity index is 1.62. The van der Waals surface area contributed by atoms with Gasteiger partial charge in [-0.15, -0.1) is 0 Å². The molecule has 3 atom stereocenters. The number of hydrogen-bond acceptors (Lipinski definition) is 3. The van der Waals surface area contributed by atoms with E-state index in [0.29, 0.717) is 17.9 Å². The van der Waals surface area contributed by atoms with Gasteiger partial charge >= 0.3 is 0 Å². The molecule has 3 heterocycles. The molecular formula is C15H27N3O. The molecule has 19 heavy (non-hydrogen) atoms. The maximum Gasteiger partial charge on any atom is 0.227 e. The van der Waals surface area contributed by atoms with Crippen molar-refractivity contribution in [2.45, 2.75) is 38.6 Å². The molecule has 0 aromatic rings. The van der Waals surface area contributed by atoms with Crippen molar-refractivity contribution in [3.05, 3.63) is 0 Å². The third-order valence-electron chi connectivity index (χ3n) is 5.03. The largest absolute Gasteiger partial charge is 0.341 e. The van der Waals surface area contributed by atoms with Crippen molar-refractivity contribution in [1.29, 1.82) is 0 Å². The molecule has 0 aromatic heterocycles. The van der Waals surface area contributed by atoms with E-state index in [4.69, 9.17) is 0 Å². The van der Waals surface area contributed by atoms with Gasteiger partial charge in [-0.1, -0.05) is 6.92 Å². The summed E-state index contributed by atoms with van der Waals surface area (Å²) in [4.78, 5) is 17.5. The average Bonchev–Trinajstić information content (AvgIpc) is 2.75. The van der Waals surface area contributed by atoms with E-state index in [-0.39, 0.29) is 5.92 Å². The highest BCUT2D eigenvalue weighted by Gasteiger charge is 2.34. The minimum atomic E-state index is 0.219. The number of carbonyl (C=O) groups is 1. The Labute approximate surface area is 116 Å². The van der Waals surface area contributed by atoms with Crippen molar-refractivity contribution in [1.82, 2.24) is 15.1 Å². The van der Waals surface area contributed by atoms with Gasteiger partial charge in [0.05, 0.1) is 5.92 Å². The second kappa shape index (κ2) is 5.80. The Morgan fingerprint density at radius 3 is 2.84 bits per heavy atom. The summed E-state index contributed by atoms with van der Waals surface area (Å²) in [5.74, 6) is 1.27. The van der Waals surface area contributed by atoms with Crippen LogP contribution in [0.5, 0.6) is 0 Å². The van der Waals surface area contributed by atoms with Crippen LogP contribution in [0.15, 0.2) is 0 Å². The number of nitrogens with zero attached hydrogens (tertiary/aromatic N) is 2. The maximum absolute atomic E-state index is 12.7. The summed E-state index contributed by atoms with van der Waals surface area (Å²) < 4.78 is 0. The third-order valence-corrected chi connectivity index (χ3v) is 5.03. The molecule has 4 heteroatoms. The van der Waals surface area contributed by atoms with Crippen LogP contribution < -0.4 is 5.32 Å². The topological polar surface area (TPSA) is 35.6 Å². The van der Waals surface area contributed by atoms with Crippen LogP contribution in [0.4, 0.5) is 0 Å². The zero-order chi connectivity index (χ0) is 13.2. The number of amides is 1. The van der Waals surface area contributed by atoms with E-state index in [0.717, 1.165) is 39.0 Å². The van der Waals surface area contributed by atoms with Crippen molar-refractivity contribution < 1.29 is 4.79 Å². The zero-order valence-corrected chi connectivity index (χ0v) is 12.1. The maximum atomic E-state index is 12.7. The molecule has 3 fully saturated rings. The highest BCUT2D eigenvalue weighted by atomic mass is 16.2. The first kappa shape index (κ1) is 13.4. The molecule has 0 aliphatic carbocycles. The number of hydrogen-bond donors (Lipinski definition) is 1. The van der Waals surface area contributed by atoms with E-state index in [9.17, 15) is 4.79 Å². The summed E-state index contributed by atoms with van der Waals surface area (Å²) >= 11 is 0. The van der Waals surface area contributed by atoms with Crippen LogP contribution >= 0.6 is 0 Å².